The highest BCUT2D eigenvalue weighted by Crippen LogP contribution is 2.33. The van der Waals surface area contributed by atoms with Crippen LogP contribution in [0.5, 0.6) is 5.75 Å². The summed E-state index contributed by atoms with van der Waals surface area (Å²) in [6, 6.07) is 13.2. The van der Waals surface area contributed by atoms with Crippen LogP contribution in [0.2, 0.25) is 0 Å². The molecule has 2 aromatic carbocycles. The molecule has 136 valence electrons. The van der Waals surface area contributed by atoms with Gasteiger partial charge >= 0.3 is 0 Å². The number of carbonyl (C=O) groups excluding carboxylic acids is 2. The van der Waals surface area contributed by atoms with Crippen molar-refractivity contribution in [2.24, 2.45) is 0 Å². The Hall–Kier alpha value is -3.19. The maximum atomic E-state index is 12.2. The summed E-state index contributed by atoms with van der Waals surface area (Å²) in [4.78, 5) is 28.3. The largest absolute Gasteiger partial charge is 0.482 e. The van der Waals surface area contributed by atoms with E-state index in [0.717, 1.165) is 27.5 Å². The molecule has 0 spiro atoms. The van der Waals surface area contributed by atoms with Crippen LogP contribution in [-0.2, 0) is 16.0 Å². The van der Waals surface area contributed by atoms with E-state index in [1.165, 1.54) is 11.3 Å². The summed E-state index contributed by atoms with van der Waals surface area (Å²) in [6.45, 7) is 2.03. The lowest BCUT2D eigenvalue weighted by atomic mass is 10.1. The van der Waals surface area contributed by atoms with Gasteiger partial charge in [0.05, 0.1) is 17.8 Å². The smallest absolute Gasteiger partial charge is 0.262 e. The second-order valence-electron chi connectivity index (χ2n) is 6.27. The number of hydrogen-bond acceptors (Lipinski definition) is 5. The van der Waals surface area contributed by atoms with E-state index < -0.39 is 0 Å². The first kappa shape index (κ1) is 17.2. The summed E-state index contributed by atoms with van der Waals surface area (Å²) in [5.41, 5.74) is 4.18. The molecule has 0 radical (unpaired) electrons. The van der Waals surface area contributed by atoms with Crippen molar-refractivity contribution < 1.29 is 14.3 Å². The number of benzene rings is 2. The number of carbonyl (C=O) groups is 2. The van der Waals surface area contributed by atoms with Crippen LogP contribution >= 0.6 is 11.3 Å². The number of aryl methyl sites for hydroxylation is 1. The minimum absolute atomic E-state index is 0.0310. The Morgan fingerprint density at radius 1 is 1.26 bits per heavy atom. The van der Waals surface area contributed by atoms with Gasteiger partial charge in [-0.1, -0.05) is 17.7 Å². The predicted octanol–water partition coefficient (Wildman–Crippen LogP) is 3.63. The van der Waals surface area contributed by atoms with Crippen LogP contribution in [0.3, 0.4) is 0 Å². The zero-order chi connectivity index (χ0) is 18.8. The fourth-order valence-electron chi connectivity index (χ4n) is 2.75. The standard InChI is InChI=1S/C20H17N3O3S/c1-12-2-5-14(6-3-12)21-18(24)9-20-23-16(11-27-20)13-4-7-17-15(8-13)22-19(25)10-26-17/h2-8,11H,9-10H2,1H3,(H,21,24)(H,22,25). The third kappa shape index (κ3) is 3.98. The minimum atomic E-state index is -0.175. The topological polar surface area (TPSA) is 80.3 Å². The summed E-state index contributed by atoms with van der Waals surface area (Å²) in [5.74, 6) is 0.364. The zero-order valence-electron chi connectivity index (χ0n) is 14.6. The number of nitrogens with one attached hydrogen (secondary N) is 2. The Bertz CT molecular complexity index is 1010. The van der Waals surface area contributed by atoms with Crippen LogP contribution in [0.4, 0.5) is 11.4 Å². The second kappa shape index (κ2) is 7.20. The number of ether oxygens (including phenoxy) is 1. The van der Waals surface area contributed by atoms with E-state index in [0.29, 0.717) is 11.4 Å². The van der Waals surface area contributed by atoms with Crippen LogP contribution < -0.4 is 15.4 Å². The van der Waals surface area contributed by atoms with Crippen LogP contribution in [0.25, 0.3) is 11.3 Å². The van der Waals surface area contributed by atoms with Gasteiger partial charge < -0.3 is 15.4 Å². The van der Waals surface area contributed by atoms with E-state index in [1.54, 1.807) is 0 Å². The zero-order valence-corrected chi connectivity index (χ0v) is 15.4. The van der Waals surface area contributed by atoms with Crippen molar-refractivity contribution in [1.82, 2.24) is 4.98 Å². The van der Waals surface area contributed by atoms with Gasteiger partial charge in [-0.3, -0.25) is 9.59 Å². The summed E-state index contributed by atoms with van der Waals surface area (Å²) >= 11 is 1.43. The van der Waals surface area contributed by atoms with Crippen molar-refractivity contribution in [3.8, 4) is 17.0 Å². The maximum absolute atomic E-state index is 12.2. The quantitative estimate of drug-likeness (QED) is 0.725. The second-order valence-corrected chi connectivity index (χ2v) is 7.21. The van der Waals surface area contributed by atoms with Gasteiger partial charge in [0.25, 0.3) is 5.91 Å². The number of fused-ring (bicyclic) bond motifs is 1. The Morgan fingerprint density at radius 2 is 2.07 bits per heavy atom. The summed E-state index contributed by atoms with van der Waals surface area (Å²) in [7, 11) is 0. The molecule has 0 aliphatic carbocycles. The number of amides is 2. The van der Waals surface area contributed by atoms with Gasteiger partial charge in [-0.25, -0.2) is 4.98 Å². The average Bonchev–Trinajstić information content (AvgIpc) is 3.11. The van der Waals surface area contributed by atoms with Gasteiger partial charge in [0.1, 0.15) is 10.8 Å². The highest BCUT2D eigenvalue weighted by atomic mass is 32.1. The number of nitrogens with zero attached hydrogens (tertiary/aromatic N) is 1. The molecule has 1 aliphatic heterocycles. The van der Waals surface area contributed by atoms with Gasteiger partial charge in [0.2, 0.25) is 5.91 Å². The lowest BCUT2D eigenvalue weighted by Gasteiger charge is -2.18. The Balaban J connectivity index is 1.45. The SMILES string of the molecule is Cc1ccc(NC(=O)Cc2nc(-c3ccc4c(c3)NC(=O)CO4)cs2)cc1. The predicted molar refractivity (Wildman–Crippen MR) is 105 cm³/mol. The van der Waals surface area contributed by atoms with Gasteiger partial charge in [0.15, 0.2) is 6.61 Å². The first-order valence-electron chi connectivity index (χ1n) is 8.45. The lowest BCUT2D eigenvalue weighted by Crippen LogP contribution is -2.25. The third-order valence-electron chi connectivity index (χ3n) is 4.11. The first-order valence-corrected chi connectivity index (χ1v) is 9.33. The Labute approximate surface area is 160 Å². The van der Waals surface area contributed by atoms with Crippen molar-refractivity contribution in [2.45, 2.75) is 13.3 Å². The molecular weight excluding hydrogens is 362 g/mol. The molecule has 0 saturated carbocycles. The third-order valence-corrected chi connectivity index (χ3v) is 4.96. The fraction of sp³-hybridized carbons (Fsp3) is 0.150. The molecule has 0 atom stereocenters. The van der Waals surface area contributed by atoms with Crippen LogP contribution in [-0.4, -0.2) is 23.4 Å². The van der Waals surface area contributed by atoms with Crippen molar-refractivity contribution in [3.63, 3.8) is 0 Å². The minimum Gasteiger partial charge on any atom is -0.482 e. The monoisotopic (exact) mass is 379 g/mol. The molecule has 1 aliphatic rings. The average molecular weight is 379 g/mol. The highest BCUT2D eigenvalue weighted by Gasteiger charge is 2.17. The van der Waals surface area contributed by atoms with E-state index in [9.17, 15) is 9.59 Å². The number of hydrogen-bond donors (Lipinski definition) is 2. The van der Waals surface area contributed by atoms with E-state index in [-0.39, 0.29) is 24.8 Å². The summed E-state index contributed by atoms with van der Waals surface area (Å²) in [5, 5.41) is 8.30. The maximum Gasteiger partial charge on any atom is 0.262 e. The molecule has 0 unspecified atom stereocenters. The molecule has 4 rings (SSSR count). The van der Waals surface area contributed by atoms with Gasteiger partial charge in [-0.2, -0.15) is 0 Å². The molecule has 7 heteroatoms. The van der Waals surface area contributed by atoms with Crippen molar-refractivity contribution >= 4 is 34.5 Å². The van der Waals surface area contributed by atoms with Crippen molar-refractivity contribution in [1.29, 1.82) is 0 Å². The van der Waals surface area contributed by atoms with E-state index in [4.69, 9.17) is 4.74 Å². The number of aromatic nitrogens is 1. The first-order chi connectivity index (χ1) is 13.1. The van der Waals surface area contributed by atoms with E-state index >= 15 is 0 Å². The molecule has 0 bridgehead atoms. The molecule has 0 saturated heterocycles. The molecule has 1 aromatic heterocycles. The fourth-order valence-corrected chi connectivity index (χ4v) is 3.55. The molecule has 0 fully saturated rings. The van der Waals surface area contributed by atoms with Crippen molar-refractivity contribution in [2.75, 3.05) is 17.2 Å². The van der Waals surface area contributed by atoms with Crippen LogP contribution in [0.15, 0.2) is 47.8 Å². The molecular formula is C20H17N3O3S. The molecule has 3 aromatic rings. The van der Waals surface area contributed by atoms with Gasteiger partial charge in [-0.05, 0) is 37.3 Å². The number of anilines is 2. The van der Waals surface area contributed by atoms with Crippen LogP contribution in [0.1, 0.15) is 10.6 Å². The summed E-state index contributed by atoms with van der Waals surface area (Å²) in [6.07, 6.45) is 0.212. The molecule has 27 heavy (non-hydrogen) atoms. The number of thiazole rings is 1. The molecule has 6 nitrogen and oxygen atoms in total. The van der Waals surface area contributed by atoms with E-state index in [1.807, 2.05) is 54.8 Å². The molecule has 2 amide bonds. The van der Waals surface area contributed by atoms with Gasteiger partial charge in [0, 0.05) is 16.6 Å². The Kier molecular flexibility index (Phi) is 4.60. The lowest BCUT2D eigenvalue weighted by molar-refractivity contribution is -0.118. The summed E-state index contributed by atoms with van der Waals surface area (Å²) < 4.78 is 5.37. The molecule has 2 N–H and O–H groups in total. The Morgan fingerprint density at radius 3 is 2.89 bits per heavy atom. The normalized spacial score (nSPS) is 12.7. The van der Waals surface area contributed by atoms with Crippen LogP contribution in [0, 0.1) is 6.92 Å². The molecule has 2 heterocycles. The van der Waals surface area contributed by atoms with E-state index in [2.05, 4.69) is 15.6 Å². The highest BCUT2D eigenvalue weighted by molar-refractivity contribution is 7.10. The van der Waals surface area contributed by atoms with Gasteiger partial charge in [-0.15, -0.1) is 11.3 Å². The van der Waals surface area contributed by atoms with Crippen molar-refractivity contribution in [3.05, 3.63) is 58.4 Å². The number of rotatable bonds is 4.